The number of ether oxygens (including phenoxy) is 1. The smallest absolute Gasteiger partial charge is 0.352 e. The molecule has 12 nitrogen and oxygen atoms in total. The molecular formula is C16H16N4O8S2. The van der Waals surface area contributed by atoms with E-state index in [2.05, 4.69) is 15.5 Å². The van der Waals surface area contributed by atoms with Crippen LogP contribution < -0.4 is 5.32 Å². The number of carboxylic acids is 2. The summed E-state index contributed by atoms with van der Waals surface area (Å²) in [6, 6.07) is 0. The molecule has 1 aromatic heterocycles. The Labute approximate surface area is 177 Å². The van der Waals surface area contributed by atoms with Gasteiger partial charge in [0, 0.05) is 18.1 Å². The summed E-state index contributed by atoms with van der Waals surface area (Å²) in [6.45, 7) is -0.884. The van der Waals surface area contributed by atoms with Crippen LogP contribution in [0.4, 0.5) is 0 Å². The van der Waals surface area contributed by atoms with Crippen LogP contribution in [0.15, 0.2) is 27.3 Å². The van der Waals surface area contributed by atoms with Gasteiger partial charge in [-0.3, -0.25) is 14.5 Å². The minimum absolute atomic E-state index is 0.130. The number of fused-ring (bicyclic) bond motifs is 1. The Morgan fingerprint density at radius 3 is 2.73 bits per heavy atom. The Morgan fingerprint density at radius 1 is 1.40 bits per heavy atom. The molecule has 2 atom stereocenters. The van der Waals surface area contributed by atoms with E-state index in [1.165, 1.54) is 46.0 Å². The quantitative estimate of drug-likeness (QED) is 0.254. The first kappa shape index (κ1) is 21.7. The molecule has 0 aliphatic carbocycles. The molecule has 1 saturated heterocycles. The third kappa shape index (κ3) is 4.44. The predicted octanol–water partition coefficient (Wildman–Crippen LogP) is -0.319. The van der Waals surface area contributed by atoms with E-state index in [9.17, 15) is 24.3 Å². The van der Waals surface area contributed by atoms with E-state index in [1.807, 2.05) is 0 Å². The van der Waals surface area contributed by atoms with Crippen molar-refractivity contribution < 1.29 is 39.0 Å². The van der Waals surface area contributed by atoms with Crippen LogP contribution in [0, 0.1) is 0 Å². The molecule has 0 bridgehead atoms. The molecule has 3 heterocycles. The van der Waals surface area contributed by atoms with Gasteiger partial charge in [-0.25, -0.2) is 14.6 Å². The van der Waals surface area contributed by atoms with Crippen molar-refractivity contribution >= 4 is 52.6 Å². The minimum Gasteiger partial charge on any atom is -0.479 e. The van der Waals surface area contributed by atoms with Crippen molar-refractivity contribution in [3.63, 3.8) is 0 Å². The first-order valence-electron chi connectivity index (χ1n) is 8.37. The van der Waals surface area contributed by atoms with Crippen LogP contribution in [0.1, 0.15) is 12.1 Å². The van der Waals surface area contributed by atoms with Crippen molar-refractivity contribution in [2.75, 3.05) is 20.3 Å². The van der Waals surface area contributed by atoms with E-state index in [0.29, 0.717) is 0 Å². The molecule has 3 N–H and O–H groups in total. The van der Waals surface area contributed by atoms with Crippen LogP contribution in [0.25, 0.3) is 0 Å². The highest BCUT2D eigenvalue weighted by Crippen LogP contribution is 2.43. The second-order valence-corrected chi connectivity index (χ2v) is 8.01. The van der Waals surface area contributed by atoms with E-state index in [-0.39, 0.29) is 41.6 Å². The average Bonchev–Trinajstić information content (AvgIpc) is 3.20. The molecule has 14 heteroatoms. The summed E-state index contributed by atoms with van der Waals surface area (Å²) in [6.07, 6.45) is 0.142. The largest absolute Gasteiger partial charge is 0.479 e. The number of aromatic nitrogens is 1. The van der Waals surface area contributed by atoms with Crippen LogP contribution in [-0.4, -0.2) is 80.6 Å². The molecule has 1 unspecified atom stereocenters. The number of carboxylic acid groups (broad SMARTS) is 2. The van der Waals surface area contributed by atoms with Crippen LogP contribution in [0.3, 0.4) is 0 Å². The van der Waals surface area contributed by atoms with Gasteiger partial charge in [-0.15, -0.1) is 23.1 Å². The Balaban J connectivity index is 1.89. The number of hydrogen-bond acceptors (Lipinski definition) is 10. The fourth-order valence-corrected chi connectivity index (χ4v) is 4.77. The number of carbonyl (C=O) groups excluding carboxylic acids is 2. The number of β-lactam (4-membered cyclic amide) rings is 1. The lowest BCUT2D eigenvalue weighted by atomic mass is 10.1. The van der Waals surface area contributed by atoms with Gasteiger partial charge in [-0.2, -0.15) is 0 Å². The highest BCUT2D eigenvalue weighted by atomic mass is 32.2. The summed E-state index contributed by atoms with van der Waals surface area (Å²) in [7, 11) is 1.36. The first-order chi connectivity index (χ1) is 14.3. The van der Waals surface area contributed by atoms with Gasteiger partial charge in [0.1, 0.15) is 16.8 Å². The Kier molecular flexibility index (Phi) is 6.69. The van der Waals surface area contributed by atoms with Crippen LogP contribution in [0.2, 0.25) is 0 Å². The molecule has 1 aromatic rings. The number of amides is 2. The highest BCUT2D eigenvalue weighted by molar-refractivity contribution is 8.00. The second-order valence-electron chi connectivity index (χ2n) is 6.00. The molecule has 0 saturated carbocycles. The minimum atomic E-state index is -1.31. The topological polar surface area (TPSA) is 168 Å². The SMILES string of the molecule is COCC1=C(C(=O)O)N2C(=O)C[C@H]2SC1NC(=O)/C(=N\OCC(=O)O)c1cscn1. The summed E-state index contributed by atoms with van der Waals surface area (Å²) in [5.41, 5.74) is 1.34. The highest BCUT2D eigenvalue weighted by Gasteiger charge is 2.49. The van der Waals surface area contributed by atoms with E-state index in [0.717, 1.165) is 0 Å². The van der Waals surface area contributed by atoms with E-state index in [4.69, 9.17) is 14.7 Å². The molecule has 2 aliphatic heterocycles. The Hall–Kier alpha value is -2.97. The molecule has 0 spiro atoms. The van der Waals surface area contributed by atoms with E-state index < -0.39 is 35.2 Å². The van der Waals surface area contributed by atoms with Gasteiger partial charge in [-0.05, 0) is 0 Å². The van der Waals surface area contributed by atoms with E-state index in [1.54, 1.807) is 0 Å². The fraction of sp³-hybridized carbons (Fsp3) is 0.375. The normalized spacial score (nSPS) is 21.0. The number of methoxy groups -OCH3 is 1. The van der Waals surface area contributed by atoms with Gasteiger partial charge < -0.3 is 25.1 Å². The summed E-state index contributed by atoms with van der Waals surface area (Å²) < 4.78 is 5.09. The van der Waals surface area contributed by atoms with Gasteiger partial charge in [0.25, 0.3) is 5.91 Å². The lowest BCUT2D eigenvalue weighted by Crippen LogP contribution is -2.58. The van der Waals surface area contributed by atoms with Crippen molar-refractivity contribution in [1.29, 1.82) is 0 Å². The Bertz CT molecular complexity index is 930. The summed E-state index contributed by atoms with van der Waals surface area (Å²) in [4.78, 5) is 57.1. The van der Waals surface area contributed by atoms with Gasteiger partial charge in [0.2, 0.25) is 12.5 Å². The summed E-state index contributed by atoms with van der Waals surface area (Å²) in [5, 5.41) is 24.8. The van der Waals surface area contributed by atoms with Crippen molar-refractivity contribution in [2.24, 2.45) is 5.16 Å². The number of nitrogens with zero attached hydrogens (tertiary/aromatic N) is 3. The molecule has 1 fully saturated rings. The van der Waals surface area contributed by atoms with Gasteiger partial charge in [0.15, 0.2) is 5.71 Å². The number of thioether (sulfide) groups is 1. The molecular weight excluding hydrogens is 440 g/mol. The fourth-order valence-electron chi connectivity index (χ4n) is 2.82. The number of hydrogen-bond donors (Lipinski definition) is 3. The monoisotopic (exact) mass is 456 g/mol. The summed E-state index contributed by atoms with van der Waals surface area (Å²) in [5.74, 6) is -3.65. The molecule has 3 rings (SSSR count). The van der Waals surface area contributed by atoms with Gasteiger partial charge in [-0.1, -0.05) is 5.16 Å². The standard InChI is InChI=1S/C16H16N4O8S2/c1-27-3-7-13(16(25)26)20-9(21)2-10(20)30-15(7)18-14(24)12(8-5-29-6-17-8)19-28-4-11(22)23/h5-6,10,15H,2-4H2,1H3,(H,18,24)(H,22,23)(H,25,26)/b19-12-/t10-,15?/m1/s1. The maximum absolute atomic E-state index is 12.9. The number of oxime groups is 1. The molecule has 0 aromatic carbocycles. The third-order valence-corrected chi connectivity index (χ3v) is 6.01. The number of rotatable bonds is 9. The Morgan fingerprint density at radius 2 is 2.17 bits per heavy atom. The van der Waals surface area contributed by atoms with E-state index >= 15 is 0 Å². The molecule has 2 aliphatic rings. The molecule has 0 radical (unpaired) electrons. The van der Waals surface area contributed by atoms with Crippen LogP contribution in [0.5, 0.6) is 0 Å². The van der Waals surface area contributed by atoms with Gasteiger partial charge in [0.05, 0.1) is 23.9 Å². The number of thiazole rings is 1. The number of aliphatic carboxylic acids is 2. The van der Waals surface area contributed by atoms with Crippen LogP contribution in [-0.2, 0) is 28.8 Å². The van der Waals surface area contributed by atoms with Crippen molar-refractivity contribution in [1.82, 2.24) is 15.2 Å². The summed E-state index contributed by atoms with van der Waals surface area (Å²) >= 11 is 2.38. The van der Waals surface area contributed by atoms with Gasteiger partial charge >= 0.3 is 11.9 Å². The zero-order chi connectivity index (χ0) is 21.8. The lowest BCUT2D eigenvalue weighted by molar-refractivity contribution is -0.146. The number of carbonyl (C=O) groups is 4. The molecule has 2 amide bonds. The maximum atomic E-state index is 12.9. The maximum Gasteiger partial charge on any atom is 0.352 e. The third-order valence-electron chi connectivity index (χ3n) is 4.06. The first-order valence-corrected chi connectivity index (χ1v) is 10.3. The zero-order valence-electron chi connectivity index (χ0n) is 15.4. The average molecular weight is 456 g/mol. The van der Waals surface area contributed by atoms with Crippen molar-refractivity contribution in [3.05, 3.63) is 27.9 Å². The van der Waals surface area contributed by atoms with Crippen LogP contribution >= 0.6 is 23.1 Å². The van der Waals surface area contributed by atoms with Crippen molar-refractivity contribution in [2.45, 2.75) is 17.2 Å². The number of nitrogens with one attached hydrogen (secondary N) is 1. The van der Waals surface area contributed by atoms with Crippen molar-refractivity contribution in [3.8, 4) is 0 Å². The zero-order valence-corrected chi connectivity index (χ0v) is 17.1. The molecule has 30 heavy (non-hydrogen) atoms. The predicted molar refractivity (Wildman–Crippen MR) is 104 cm³/mol. The molecule has 160 valence electrons. The lowest BCUT2D eigenvalue weighted by Gasteiger charge is -2.46. The second kappa shape index (κ2) is 9.23.